The molecule has 4 rings (SSSR count). The molecular formula is C18H27N3O3. The first-order chi connectivity index (χ1) is 11.8. The lowest BCUT2D eigenvalue weighted by Crippen LogP contribution is -2.40. The molecule has 6 nitrogen and oxygen atoms in total. The molecule has 0 atom stereocenters. The van der Waals surface area contributed by atoms with Gasteiger partial charge < -0.3 is 14.2 Å². The number of likely N-dealkylation sites (tertiary alicyclic amines) is 1. The maximum absolute atomic E-state index is 12.5. The zero-order chi connectivity index (χ0) is 16.4. The lowest BCUT2D eigenvalue weighted by Gasteiger charge is -2.32. The first kappa shape index (κ1) is 16.1. The summed E-state index contributed by atoms with van der Waals surface area (Å²) < 4.78 is 10.9. The van der Waals surface area contributed by atoms with Gasteiger partial charge in [0.15, 0.2) is 5.82 Å². The molecule has 2 aliphatic heterocycles. The van der Waals surface area contributed by atoms with Crippen LogP contribution in [0.3, 0.4) is 0 Å². The number of amides is 1. The summed E-state index contributed by atoms with van der Waals surface area (Å²) in [4.78, 5) is 19.2. The lowest BCUT2D eigenvalue weighted by molar-refractivity contribution is -0.136. The van der Waals surface area contributed by atoms with Crippen LogP contribution in [0.15, 0.2) is 4.52 Å². The smallest absolute Gasteiger partial charge is 0.229 e. The van der Waals surface area contributed by atoms with E-state index in [-0.39, 0.29) is 5.92 Å². The molecule has 1 amide bonds. The summed E-state index contributed by atoms with van der Waals surface area (Å²) >= 11 is 0. The van der Waals surface area contributed by atoms with E-state index in [0.29, 0.717) is 17.7 Å². The lowest BCUT2D eigenvalue weighted by atomic mass is 9.95. The molecule has 2 saturated heterocycles. The van der Waals surface area contributed by atoms with Crippen LogP contribution >= 0.6 is 0 Å². The maximum atomic E-state index is 12.5. The SMILES string of the molecule is O=C(C1CCCC1)N1CCC(c2nc(C3CCOCC3)no2)CC1. The third kappa shape index (κ3) is 3.34. The summed E-state index contributed by atoms with van der Waals surface area (Å²) in [6.07, 6.45) is 8.42. The van der Waals surface area contributed by atoms with Crippen molar-refractivity contribution < 1.29 is 14.1 Å². The van der Waals surface area contributed by atoms with Crippen molar-refractivity contribution in [3.63, 3.8) is 0 Å². The molecule has 0 N–H and O–H groups in total. The van der Waals surface area contributed by atoms with Gasteiger partial charge in [0.2, 0.25) is 11.8 Å². The molecule has 132 valence electrons. The van der Waals surface area contributed by atoms with Crippen LogP contribution < -0.4 is 0 Å². The number of hydrogen-bond acceptors (Lipinski definition) is 5. The van der Waals surface area contributed by atoms with Crippen LogP contribution in [-0.2, 0) is 9.53 Å². The molecule has 0 spiro atoms. The van der Waals surface area contributed by atoms with Crippen molar-refractivity contribution in [2.24, 2.45) is 5.92 Å². The van der Waals surface area contributed by atoms with Crippen LogP contribution in [-0.4, -0.2) is 47.3 Å². The second-order valence-corrected chi connectivity index (χ2v) is 7.46. The van der Waals surface area contributed by atoms with Crippen molar-refractivity contribution in [2.75, 3.05) is 26.3 Å². The van der Waals surface area contributed by atoms with E-state index in [2.05, 4.69) is 15.0 Å². The van der Waals surface area contributed by atoms with Crippen molar-refractivity contribution >= 4 is 5.91 Å². The summed E-state index contributed by atoms with van der Waals surface area (Å²) in [6, 6.07) is 0. The maximum Gasteiger partial charge on any atom is 0.229 e. The monoisotopic (exact) mass is 333 g/mol. The van der Waals surface area contributed by atoms with Crippen LogP contribution in [0.5, 0.6) is 0 Å². The van der Waals surface area contributed by atoms with E-state index in [0.717, 1.165) is 76.5 Å². The Morgan fingerprint density at radius 1 is 0.958 bits per heavy atom. The van der Waals surface area contributed by atoms with E-state index in [1.165, 1.54) is 12.8 Å². The Labute approximate surface area is 142 Å². The summed E-state index contributed by atoms with van der Waals surface area (Å²) in [5.41, 5.74) is 0. The molecule has 0 radical (unpaired) electrons. The Morgan fingerprint density at radius 2 is 1.67 bits per heavy atom. The molecule has 1 saturated carbocycles. The number of nitrogens with zero attached hydrogens (tertiary/aromatic N) is 3. The number of rotatable bonds is 3. The van der Waals surface area contributed by atoms with Gasteiger partial charge in [0.1, 0.15) is 0 Å². The molecule has 0 bridgehead atoms. The van der Waals surface area contributed by atoms with E-state index in [9.17, 15) is 4.79 Å². The fourth-order valence-electron chi connectivity index (χ4n) is 4.31. The van der Waals surface area contributed by atoms with Gasteiger partial charge in [-0.05, 0) is 38.5 Å². The van der Waals surface area contributed by atoms with Crippen LogP contribution in [0.4, 0.5) is 0 Å². The van der Waals surface area contributed by atoms with Gasteiger partial charge in [0.05, 0.1) is 0 Å². The highest BCUT2D eigenvalue weighted by atomic mass is 16.5. The molecule has 1 aliphatic carbocycles. The van der Waals surface area contributed by atoms with Crippen molar-refractivity contribution in [2.45, 2.75) is 63.2 Å². The van der Waals surface area contributed by atoms with E-state index in [4.69, 9.17) is 9.26 Å². The molecule has 6 heteroatoms. The minimum absolute atomic E-state index is 0.282. The zero-order valence-electron chi connectivity index (χ0n) is 14.3. The Hall–Kier alpha value is -1.43. The van der Waals surface area contributed by atoms with E-state index in [1.54, 1.807) is 0 Å². The predicted molar refractivity (Wildman–Crippen MR) is 87.6 cm³/mol. The summed E-state index contributed by atoms with van der Waals surface area (Å²) in [5, 5.41) is 4.21. The molecule has 24 heavy (non-hydrogen) atoms. The van der Waals surface area contributed by atoms with Crippen molar-refractivity contribution in [1.29, 1.82) is 0 Å². The molecule has 0 unspecified atom stereocenters. The van der Waals surface area contributed by atoms with Gasteiger partial charge in [0, 0.05) is 44.1 Å². The Kier molecular flexibility index (Phi) is 4.83. The van der Waals surface area contributed by atoms with Gasteiger partial charge in [-0.25, -0.2) is 0 Å². The summed E-state index contributed by atoms with van der Waals surface area (Å²) in [6.45, 7) is 3.23. The standard InChI is InChI=1S/C18H27N3O3/c22-18(15-3-1-2-4-15)21-9-5-14(6-10-21)17-19-16(20-24-17)13-7-11-23-12-8-13/h13-15H,1-12H2. The van der Waals surface area contributed by atoms with Crippen molar-refractivity contribution in [3.8, 4) is 0 Å². The van der Waals surface area contributed by atoms with Crippen molar-refractivity contribution in [1.82, 2.24) is 15.0 Å². The Morgan fingerprint density at radius 3 is 2.38 bits per heavy atom. The highest BCUT2D eigenvalue weighted by Crippen LogP contribution is 2.32. The minimum Gasteiger partial charge on any atom is -0.381 e. The van der Waals surface area contributed by atoms with Gasteiger partial charge in [0.25, 0.3) is 0 Å². The summed E-state index contributed by atoms with van der Waals surface area (Å²) in [5.74, 6) is 2.95. The van der Waals surface area contributed by atoms with Crippen LogP contribution in [0.25, 0.3) is 0 Å². The summed E-state index contributed by atoms with van der Waals surface area (Å²) in [7, 11) is 0. The van der Waals surface area contributed by atoms with Gasteiger partial charge in [-0.3, -0.25) is 4.79 Å². The third-order valence-corrected chi connectivity index (χ3v) is 5.90. The average molecular weight is 333 g/mol. The minimum atomic E-state index is 0.282. The number of ether oxygens (including phenoxy) is 1. The highest BCUT2D eigenvalue weighted by molar-refractivity contribution is 5.79. The van der Waals surface area contributed by atoms with Crippen LogP contribution in [0, 0.1) is 5.92 Å². The van der Waals surface area contributed by atoms with Crippen LogP contribution in [0.2, 0.25) is 0 Å². The Balaban J connectivity index is 1.32. The number of hydrogen-bond donors (Lipinski definition) is 0. The number of piperidine rings is 1. The molecule has 3 aliphatic rings. The fourth-order valence-corrected chi connectivity index (χ4v) is 4.31. The molecule has 3 fully saturated rings. The first-order valence-corrected chi connectivity index (χ1v) is 9.51. The topological polar surface area (TPSA) is 68.5 Å². The zero-order valence-corrected chi connectivity index (χ0v) is 14.3. The molecule has 1 aromatic rings. The normalized spacial score (nSPS) is 24.6. The second kappa shape index (κ2) is 7.21. The molecule has 0 aromatic carbocycles. The van der Waals surface area contributed by atoms with E-state index < -0.39 is 0 Å². The van der Waals surface area contributed by atoms with Gasteiger partial charge in [-0.15, -0.1) is 0 Å². The highest BCUT2D eigenvalue weighted by Gasteiger charge is 2.32. The molecule has 1 aromatic heterocycles. The Bertz CT molecular complexity index is 554. The number of aromatic nitrogens is 2. The largest absolute Gasteiger partial charge is 0.381 e. The van der Waals surface area contributed by atoms with Gasteiger partial charge in [-0.2, -0.15) is 4.98 Å². The van der Waals surface area contributed by atoms with Gasteiger partial charge >= 0.3 is 0 Å². The van der Waals surface area contributed by atoms with E-state index >= 15 is 0 Å². The van der Waals surface area contributed by atoms with Crippen molar-refractivity contribution in [3.05, 3.63) is 11.7 Å². The van der Waals surface area contributed by atoms with Crippen LogP contribution in [0.1, 0.15) is 74.9 Å². The number of carbonyl (C=O) groups is 1. The van der Waals surface area contributed by atoms with Gasteiger partial charge in [-0.1, -0.05) is 18.0 Å². The fraction of sp³-hybridized carbons (Fsp3) is 0.833. The average Bonchev–Trinajstić information content (AvgIpc) is 3.34. The number of carbonyl (C=O) groups excluding carboxylic acids is 1. The first-order valence-electron chi connectivity index (χ1n) is 9.51. The third-order valence-electron chi connectivity index (χ3n) is 5.90. The quantitative estimate of drug-likeness (QED) is 0.851. The predicted octanol–water partition coefficient (Wildman–Crippen LogP) is 2.86. The molecular weight excluding hydrogens is 306 g/mol. The van der Waals surface area contributed by atoms with E-state index in [1.807, 2.05) is 0 Å². The molecule has 3 heterocycles. The second-order valence-electron chi connectivity index (χ2n) is 7.46.